The van der Waals surface area contributed by atoms with Crippen LogP contribution in [0.3, 0.4) is 0 Å². The number of benzene rings is 2. The van der Waals surface area contributed by atoms with E-state index in [1.165, 1.54) is 154 Å². The van der Waals surface area contributed by atoms with Crippen LogP contribution in [0, 0.1) is 0 Å². The lowest BCUT2D eigenvalue weighted by Crippen LogP contribution is -2.35. The summed E-state index contributed by atoms with van der Waals surface area (Å²) in [6, 6.07) is 10.9. The third-order valence-corrected chi connectivity index (χ3v) is 11.6. The SMILES string of the molecule is CCCCCCCCCCCCOc1cc(C(=O)Oc2ccc(N=C(N(C)C)N(C)C)cc2)cc(OCCCCCCCCCCCC)c1OCCCCCCCCCCCC. The molecule has 0 saturated heterocycles. The van der Waals surface area contributed by atoms with Crippen molar-refractivity contribution >= 4 is 17.6 Å². The summed E-state index contributed by atoms with van der Waals surface area (Å²) in [6.45, 7) is 8.53. The van der Waals surface area contributed by atoms with Crippen LogP contribution in [0.2, 0.25) is 0 Å². The van der Waals surface area contributed by atoms with Crippen LogP contribution in [-0.4, -0.2) is 69.7 Å². The lowest BCUT2D eigenvalue weighted by molar-refractivity contribution is 0.0733. The number of ether oxygens (including phenoxy) is 4. The number of esters is 1. The van der Waals surface area contributed by atoms with Gasteiger partial charge < -0.3 is 28.7 Å². The number of hydrogen-bond donors (Lipinski definition) is 0. The Morgan fingerprint density at radius 1 is 0.452 bits per heavy atom. The van der Waals surface area contributed by atoms with Gasteiger partial charge in [-0.15, -0.1) is 0 Å². The minimum atomic E-state index is -0.461. The lowest BCUT2D eigenvalue weighted by atomic mass is 10.1. The lowest BCUT2D eigenvalue weighted by Gasteiger charge is -2.22. The van der Waals surface area contributed by atoms with Gasteiger partial charge in [0.1, 0.15) is 5.75 Å². The Morgan fingerprint density at radius 2 is 0.774 bits per heavy atom. The van der Waals surface area contributed by atoms with E-state index in [0.29, 0.717) is 48.4 Å². The molecule has 8 heteroatoms. The molecule has 8 nitrogen and oxygen atoms in total. The maximum atomic E-state index is 13.8. The van der Waals surface area contributed by atoms with Gasteiger partial charge in [0, 0.05) is 28.2 Å². The first-order chi connectivity index (χ1) is 30.3. The Balaban J connectivity index is 2.18. The molecule has 62 heavy (non-hydrogen) atoms. The zero-order valence-corrected chi connectivity index (χ0v) is 41.2. The van der Waals surface area contributed by atoms with Crippen molar-refractivity contribution in [3.63, 3.8) is 0 Å². The van der Waals surface area contributed by atoms with Crippen LogP contribution in [0.4, 0.5) is 5.69 Å². The second-order valence-corrected chi connectivity index (χ2v) is 18.0. The van der Waals surface area contributed by atoms with Gasteiger partial charge in [0.2, 0.25) is 11.7 Å². The Hall–Kier alpha value is -3.42. The van der Waals surface area contributed by atoms with Crippen molar-refractivity contribution < 1.29 is 23.7 Å². The van der Waals surface area contributed by atoms with Gasteiger partial charge in [-0.25, -0.2) is 9.79 Å². The smallest absolute Gasteiger partial charge is 0.343 e. The number of rotatable bonds is 39. The molecule has 0 unspecified atom stereocenters. The molecule has 0 heterocycles. The molecule has 0 fully saturated rings. The fourth-order valence-electron chi connectivity index (χ4n) is 7.83. The summed E-state index contributed by atoms with van der Waals surface area (Å²) in [4.78, 5) is 22.5. The van der Waals surface area contributed by atoms with Crippen LogP contribution in [0.1, 0.15) is 224 Å². The van der Waals surface area contributed by atoms with Gasteiger partial charge in [-0.1, -0.05) is 194 Å². The molecule has 0 amide bonds. The summed E-state index contributed by atoms with van der Waals surface area (Å²) in [5.74, 6) is 2.54. The third kappa shape index (κ3) is 26.3. The summed E-state index contributed by atoms with van der Waals surface area (Å²) >= 11 is 0. The number of guanidine groups is 1. The number of carbonyl (C=O) groups is 1. The number of hydrogen-bond acceptors (Lipinski definition) is 6. The Labute approximate surface area is 381 Å². The van der Waals surface area contributed by atoms with Crippen LogP contribution in [0.25, 0.3) is 0 Å². The van der Waals surface area contributed by atoms with E-state index in [1.807, 2.05) is 50.1 Å². The summed E-state index contributed by atoms with van der Waals surface area (Å²) in [5.41, 5.74) is 1.16. The summed E-state index contributed by atoms with van der Waals surface area (Å²) in [6.07, 6.45) is 37.8. The first-order valence-electron chi connectivity index (χ1n) is 25.6. The largest absolute Gasteiger partial charge is 0.490 e. The molecule has 0 N–H and O–H groups in total. The molecular formula is C54H93N3O5. The molecule has 0 radical (unpaired) electrons. The third-order valence-electron chi connectivity index (χ3n) is 11.6. The zero-order chi connectivity index (χ0) is 44.9. The normalized spacial score (nSPS) is 11.1. The van der Waals surface area contributed by atoms with Crippen molar-refractivity contribution in [3.8, 4) is 23.0 Å². The van der Waals surface area contributed by atoms with E-state index in [2.05, 4.69) is 20.8 Å². The van der Waals surface area contributed by atoms with Crippen molar-refractivity contribution in [2.75, 3.05) is 48.0 Å². The van der Waals surface area contributed by atoms with Crippen LogP contribution in [-0.2, 0) is 0 Å². The molecule has 0 spiro atoms. The van der Waals surface area contributed by atoms with Crippen molar-refractivity contribution in [1.29, 1.82) is 0 Å². The number of carbonyl (C=O) groups excluding carboxylic acids is 1. The van der Waals surface area contributed by atoms with E-state index in [0.717, 1.165) is 50.2 Å². The summed E-state index contributed by atoms with van der Waals surface area (Å²) in [5, 5.41) is 0. The maximum absolute atomic E-state index is 13.8. The zero-order valence-electron chi connectivity index (χ0n) is 41.2. The van der Waals surface area contributed by atoms with Gasteiger partial charge in [-0.3, -0.25) is 0 Å². The second kappa shape index (κ2) is 37.0. The summed E-state index contributed by atoms with van der Waals surface area (Å²) < 4.78 is 25.5. The van der Waals surface area contributed by atoms with Gasteiger partial charge in [0.15, 0.2) is 11.5 Å². The predicted octanol–water partition coefficient (Wildman–Crippen LogP) is 15.9. The molecule has 0 aliphatic rings. The maximum Gasteiger partial charge on any atom is 0.343 e. The Bertz CT molecular complexity index is 1350. The standard InChI is InChI=1S/C54H93N3O5/c1-8-11-14-17-20-23-26-29-32-35-42-59-50-45-47(53(58)62-49-40-38-48(39-41-49)55-54(56(4)5)57(6)7)46-51(60-43-36-33-30-27-24-21-18-15-12-9-2)52(50)61-44-37-34-31-28-25-22-19-16-13-10-3/h38-41,45-46H,8-37,42-44H2,1-7H3. The monoisotopic (exact) mass is 864 g/mol. The fourth-order valence-corrected chi connectivity index (χ4v) is 7.83. The first-order valence-corrected chi connectivity index (χ1v) is 25.6. The van der Waals surface area contributed by atoms with Gasteiger partial charge in [0.25, 0.3) is 0 Å². The van der Waals surface area contributed by atoms with E-state index in [9.17, 15) is 4.79 Å². The Kier molecular flexibility index (Phi) is 32.7. The molecule has 2 aromatic carbocycles. The van der Waals surface area contributed by atoms with Crippen molar-refractivity contribution in [2.24, 2.45) is 4.99 Å². The molecule has 0 saturated carbocycles. The quantitative estimate of drug-likeness (QED) is 0.0218. The molecule has 2 rings (SSSR count). The van der Waals surface area contributed by atoms with E-state index in [4.69, 9.17) is 23.9 Å². The van der Waals surface area contributed by atoms with Crippen LogP contribution in [0.5, 0.6) is 23.0 Å². The summed E-state index contributed by atoms with van der Waals surface area (Å²) in [7, 11) is 7.86. The average Bonchev–Trinajstić information content (AvgIpc) is 3.26. The van der Waals surface area contributed by atoms with Gasteiger partial charge >= 0.3 is 5.97 Å². The molecule has 0 aromatic heterocycles. The van der Waals surface area contributed by atoms with Crippen molar-refractivity contribution in [1.82, 2.24) is 9.80 Å². The highest BCUT2D eigenvalue weighted by molar-refractivity contribution is 5.92. The highest BCUT2D eigenvalue weighted by Gasteiger charge is 2.21. The van der Waals surface area contributed by atoms with Crippen molar-refractivity contribution in [3.05, 3.63) is 42.0 Å². The molecule has 0 aliphatic heterocycles. The Morgan fingerprint density at radius 3 is 1.11 bits per heavy atom. The van der Waals surface area contributed by atoms with Crippen molar-refractivity contribution in [2.45, 2.75) is 213 Å². The van der Waals surface area contributed by atoms with Gasteiger partial charge in [0.05, 0.1) is 31.1 Å². The highest BCUT2D eigenvalue weighted by Crippen LogP contribution is 2.40. The molecule has 2 aromatic rings. The van der Waals surface area contributed by atoms with E-state index in [1.54, 1.807) is 24.3 Å². The first kappa shape index (κ1) is 54.7. The van der Waals surface area contributed by atoms with Gasteiger partial charge in [-0.05, 0) is 55.7 Å². The highest BCUT2D eigenvalue weighted by atomic mass is 16.5. The second-order valence-electron chi connectivity index (χ2n) is 18.0. The van der Waals surface area contributed by atoms with Crippen LogP contribution >= 0.6 is 0 Å². The van der Waals surface area contributed by atoms with E-state index < -0.39 is 5.97 Å². The fraction of sp³-hybridized carbons (Fsp3) is 0.741. The molecule has 0 atom stereocenters. The minimum Gasteiger partial charge on any atom is -0.490 e. The van der Waals surface area contributed by atoms with E-state index >= 15 is 0 Å². The number of aliphatic imine (C=N–C) groups is 1. The van der Waals surface area contributed by atoms with Crippen LogP contribution < -0.4 is 18.9 Å². The molecule has 354 valence electrons. The number of unbranched alkanes of at least 4 members (excludes halogenated alkanes) is 27. The minimum absolute atomic E-state index is 0.386. The number of nitrogens with zero attached hydrogens (tertiary/aromatic N) is 3. The predicted molar refractivity (Wildman–Crippen MR) is 264 cm³/mol. The topological polar surface area (TPSA) is 72.8 Å². The molecular weight excluding hydrogens is 771 g/mol. The molecule has 0 bridgehead atoms. The van der Waals surface area contributed by atoms with Gasteiger partial charge in [-0.2, -0.15) is 0 Å². The average molecular weight is 864 g/mol. The molecule has 0 aliphatic carbocycles. The van der Waals surface area contributed by atoms with E-state index in [-0.39, 0.29) is 0 Å². The van der Waals surface area contributed by atoms with Crippen LogP contribution in [0.15, 0.2) is 41.4 Å².